The Labute approximate surface area is 117 Å². The number of anilines is 1. The van der Waals surface area contributed by atoms with E-state index in [0.717, 1.165) is 12.5 Å². The molecule has 3 nitrogen and oxygen atoms in total. The van der Waals surface area contributed by atoms with E-state index in [1.807, 2.05) is 0 Å². The molecule has 1 aliphatic carbocycles. The van der Waals surface area contributed by atoms with Crippen LogP contribution < -0.4 is 4.90 Å². The highest BCUT2D eigenvalue weighted by Crippen LogP contribution is 2.42. The molecule has 0 amide bonds. The molecule has 1 N–H and O–H groups in total. The van der Waals surface area contributed by atoms with Crippen LogP contribution in [0.2, 0.25) is 0 Å². The smallest absolute Gasteiger partial charge is 0.155 e. The van der Waals surface area contributed by atoms with Crippen molar-refractivity contribution in [3.05, 3.63) is 24.0 Å². The van der Waals surface area contributed by atoms with Gasteiger partial charge in [0.25, 0.3) is 0 Å². The lowest BCUT2D eigenvalue weighted by Gasteiger charge is -2.49. The average molecular weight is 281 g/mol. The Kier molecular flexibility index (Phi) is 3.58. The van der Waals surface area contributed by atoms with E-state index in [1.54, 1.807) is 11.8 Å². The Hall–Kier alpha value is -1.49. The maximum atomic E-state index is 14.0. The maximum absolute atomic E-state index is 14.0. The highest BCUT2D eigenvalue weighted by atomic mass is 32.1. The lowest BCUT2D eigenvalue weighted by Crippen LogP contribution is -2.60. The number of Topliss-reactive ketones (excluding diaryl/α,β-unsaturated/α-hetero) is 1. The minimum Gasteiger partial charge on any atom is -0.508 e. The quantitative estimate of drug-likeness (QED) is 0.864. The van der Waals surface area contributed by atoms with Gasteiger partial charge in [-0.25, -0.2) is 4.39 Å². The van der Waals surface area contributed by atoms with Crippen LogP contribution in [0.25, 0.3) is 0 Å². The Bertz CT molecular complexity index is 540. The molecule has 1 fully saturated rings. The zero-order valence-electron chi connectivity index (χ0n) is 10.9. The van der Waals surface area contributed by atoms with Gasteiger partial charge < -0.3 is 10.0 Å². The Balaban J connectivity index is 2.52. The van der Waals surface area contributed by atoms with E-state index < -0.39 is 11.4 Å². The molecule has 102 valence electrons. The molecule has 1 aliphatic rings. The first-order valence-corrected chi connectivity index (χ1v) is 6.60. The normalized spacial score (nSPS) is 16.6. The predicted octanol–water partition coefficient (Wildman–Crippen LogP) is 3.20. The van der Waals surface area contributed by atoms with Gasteiger partial charge in [0.15, 0.2) is 11.6 Å². The van der Waals surface area contributed by atoms with E-state index in [9.17, 15) is 14.3 Å². The van der Waals surface area contributed by atoms with E-state index >= 15 is 0 Å². The van der Waals surface area contributed by atoms with Crippen LogP contribution in [0.5, 0.6) is 5.75 Å². The number of carbonyl (C=O) groups is 1. The molecular weight excluding hydrogens is 265 g/mol. The summed E-state index contributed by atoms with van der Waals surface area (Å²) in [6.07, 6.45) is 2.28. The van der Waals surface area contributed by atoms with E-state index in [4.69, 9.17) is 12.2 Å². The van der Waals surface area contributed by atoms with Crippen molar-refractivity contribution in [1.82, 2.24) is 0 Å². The average Bonchev–Trinajstić information content (AvgIpc) is 2.23. The number of aromatic hydroxyl groups is 1. The number of carbonyl (C=O) groups excluding carboxylic acids is 1. The fourth-order valence-corrected chi connectivity index (χ4v) is 2.90. The van der Waals surface area contributed by atoms with Gasteiger partial charge in [-0.2, -0.15) is 0 Å². The third-order valence-corrected chi connectivity index (χ3v) is 3.93. The Morgan fingerprint density at radius 3 is 2.42 bits per heavy atom. The third kappa shape index (κ3) is 2.23. The van der Waals surface area contributed by atoms with Gasteiger partial charge in [-0.05, 0) is 45.2 Å². The van der Waals surface area contributed by atoms with Crippen LogP contribution in [0.4, 0.5) is 10.1 Å². The van der Waals surface area contributed by atoms with Crippen molar-refractivity contribution in [1.29, 1.82) is 0 Å². The summed E-state index contributed by atoms with van der Waals surface area (Å²) in [5.41, 5.74) is -0.468. The molecule has 0 atom stereocenters. The van der Waals surface area contributed by atoms with Gasteiger partial charge in [0.05, 0.1) is 10.7 Å². The van der Waals surface area contributed by atoms with Gasteiger partial charge >= 0.3 is 0 Å². The van der Waals surface area contributed by atoms with Gasteiger partial charge in [-0.15, -0.1) is 0 Å². The molecule has 0 spiro atoms. The number of hydrogen-bond acceptors (Lipinski definition) is 3. The summed E-state index contributed by atoms with van der Waals surface area (Å²) in [6, 6.07) is 3.90. The number of halogens is 1. The minimum atomic E-state index is -0.719. The summed E-state index contributed by atoms with van der Waals surface area (Å²) < 4.78 is 14.0. The van der Waals surface area contributed by atoms with Crippen LogP contribution in [-0.2, 0) is 4.79 Å². The third-order valence-electron chi connectivity index (χ3n) is 3.75. The van der Waals surface area contributed by atoms with E-state index in [0.29, 0.717) is 17.8 Å². The van der Waals surface area contributed by atoms with Gasteiger partial charge in [-0.3, -0.25) is 4.79 Å². The number of phenolic OH excluding ortho intramolecular Hbond substituents is 1. The second kappa shape index (κ2) is 4.89. The maximum Gasteiger partial charge on any atom is 0.155 e. The second-order valence-electron chi connectivity index (χ2n) is 4.93. The molecule has 0 unspecified atom stereocenters. The van der Waals surface area contributed by atoms with Gasteiger partial charge in [0.2, 0.25) is 0 Å². The van der Waals surface area contributed by atoms with Crippen LogP contribution in [0.15, 0.2) is 18.2 Å². The van der Waals surface area contributed by atoms with E-state index in [-0.39, 0.29) is 17.2 Å². The van der Waals surface area contributed by atoms with Crippen LogP contribution in [0, 0.1) is 5.82 Å². The summed E-state index contributed by atoms with van der Waals surface area (Å²) in [7, 11) is 0. The highest BCUT2D eigenvalue weighted by molar-refractivity contribution is 7.80. The van der Waals surface area contributed by atoms with Crippen LogP contribution >= 0.6 is 12.2 Å². The first-order valence-electron chi connectivity index (χ1n) is 6.19. The van der Waals surface area contributed by atoms with Crippen molar-refractivity contribution >= 4 is 28.7 Å². The lowest BCUT2D eigenvalue weighted by molar-refractivity contribution is -0.124. The molecule has 0 saturated heterocycles. The molecule has 19 heavy (non-hydrogen) atoms. The van der Waals surface area contributed by atoms with Crippen molar-refractivity contribution in [2.45, 2.75) is 38.6 Å². The van der Waals surface area contributed by atoms with E-state index in [1.165, 1.54) is 19.1 Å². The number of nitrogens with zero attached hydrogens (tertiary/aromatic N) is 1. The first-order chi connectivity index (χ1) is 8.88. The van der Waals surface area contributed by atoms with Gasteiger partial charge in [-0.1, -0.05) is 12.2 Å². The molecule has 1 aromatic rings. The van der Waals surface area contributed by atoms with E-state index in [2.05, 4.69) is 0 Å². The first kappa shape index (κ1) is 13.9. The summed E-state index contributed by atoms with van der Waals surface area (Å²) in [6.45, 7) is 3.20. The Morgan fingerprint density at radius 1 is 1.42 bits per heavy atom. The molecule has 0 radical (unpaired) electrons. The van der Waals surface area contributed by atoms with Crippen molar-refractivity contribution in [2.75, 3.05) is 4.90 Å². The highest BCUT2D eigenvalue weighted by Gasteiger charge is 2.48. The zero-order valence-corrected chi connectivity index (χ0v) is 11.8. The SMILES string of the molecule is CC(=O)C1(N(C(C)=S)c2ccc(O)cc2F)CCC1. The largest absolute Gasteiger partial charge is 0.508 e. The van der Waals surface area contributed by atoms with Crippen molar-refractivity contribution < 1.29 is 14.3 Å². The summed E-state index contributed by atoms with van der Waals surface area (Å²) in [4.78, 5) is 14.0. The lowest BCUT2D eigenvalue weighted by atomic mass is 9.72. The molecule has 1 aromatic carbocycles. The summed E-state index contributed by atoms with van der Waals surface area (Å²) in [5, 5.41) is 9.28. The molecular formula is C14H16FNO2S. The fourth-order valence-electron chi connectivity index (χ4n) is 2.62. The van der Waals surface area contributed by atoms with Crippen molar-refractivity contribution in [3.63, 3.8) is 0 Å². The Morgan fingerprint density at radius 2 is 2.05 bits per heavy atom. The standard InChI is InChI=1S/C14H16FNO2S/c1-9(17)14(6-3-7-14)16(10(2)19)13-5-4-11(18)8-12(13)15/h4-5,8,18H,3,6-7H2,1-2H3. The molecule has 0 aliphatic heterocycles. The summed E-state index contributed by atoms with van der Waals surface area (Å²) >= 11 is 5.20. The minimum absolute atomic E-state index is 0.00424. The number of phenols is 1. The zero-order chi connectivity index (χ0) is 14.2. The second-order valence-corrected chi connectivity index (χ2v) is 5.52. The van der Waals surface area contributed by atoms with Gasteiger partial charge in [0, 0.05) is 6.07 Å². The van der Waals surface area contributed by atoms with Crippen LogP contribution in [0.1, 0.15) is 33.1 Å². The van der Waals surface area contributed by atoms with Crippen LogP contribution in [0.3, 0.4) is 0 Å². The monoisotopic (exact) mass is 281 g/mol. The molecule has 0 bridgehead atoms. The number of rotatable bonds is 3. The summed E-state index contributed by atoms with van der Waals surface area (Å²) in [5.74, 6) is -0.721. The van der Waals surface area contributed by atoms with Crippen molar-refractivity contribution in [3.8, 4) is 5.75 Å². The molecule has 0 heterocycles. The number of hydrogen-bond donors (Lipinski definition) is 1. The number of benzene rings is 1. The molecule has 5 heteroatoms. The number of thiocarbonyl (C=S) groups is 1. The van der Waals surface area contributed by atoms with Crippen molar-refractivity contribution in [2.24, 2.45) is 0 Å². The van der Waals surface area contributed by atoms with Gasteiger partial charge in [0.1, 0.15) is 11.3 Å². The topological polar surface area (TPSA) is 40.5 Å². The molecule has 1 saturated carbocycles. The molecule has 2 rings (SSSR count). The van der Waals surface area contributed by atoms with Crippen LogP contribution in [-0.4, -0.2) is 21.4 Å². The fraction of sp³-hybridized carbons (Fsp3) is 0.429. The number of ketones is 1. The molecule has 0 aromatic heterocycles. The predicted molar refractivity (Wildman–Crippen MR) is 76.1 cm³/mol.